The summed E-state index contributed by atoms with van der Waals surface area (Å²) in [6.45, 7) is -1.69. The fraction of sp³-hybridized carbons (Fsp3) is 0.353. The lowest BCUT2D eigenvalue weighted by Crippen LogP contribution is -2.41. The lowest BCUT2D eigenvalue weighted by atomic mass is 9.97. The number of ether oxygens (including phenoxy) is 1. The van der Waals surface area contributed by atoms with E-state index in [-0.39, 0.29) is 23.3 Å². The highest BCUT2D eigenvalue weighted by molar-refractivity contribution is 5.94. The number of carbonyl (C=O) groups excluding carboxylic acids is 1. The second-order valence-electron chi connectivity index (χ2n) is 5.70. The molecule has 1 fully saturated rings. The zero-order chi connectivity index (χ0) is 17.6. The topological polar surface area (TPSA) is 67.3 Å². The van der Waals surface area contributed by atoms with E-state index in [2.05, 4.69) is 20.0 Å². The van der Waals surface area contributed by atoms with Crippen LogP contribution < -0.4 is 15.0 Å². The number of para-hydroxylation sites is 2. The van der Waals surface area contributed by atoms with Crippen molar-refractivity contribution in [2.24, 2.45) is 5.92 Å². The van der Waals surface area contributed by atoms with Crippen molar-refractivity contribution >= 4 is 17.5 Å². The monoisotopic (exact) mass is 348 g/mol. The van der Waals surface area contributed by atoms with E-state index in [4.69, 9.17) is 0 Å². The summed E-state index contributed by atoms with van der Waals surface area (Å²) in [4.78, 5) is 22.9. The Balaban J connectivity index is 1.67. The zero-order valence-corrected chi connectivity index (χ0v) is 13.4. The standard InChI is InChI=1S/C17H18F2N4O2/c18-16(19)25-14-7-2-1-6-13(14)22-15(24)12-5-3-10-23(11-12)17-20-8-4-9-21-17/h1-2,4,6-9,12,16H,3,5,10-11H2,(H,22,24)/t12-/m0/s1. The van der Waals surface area contributed by atoms with Gasteiger partial charge in [0.2, 0.25) is 11.9 Å². The van der Waals surface area contributed by atoms with Crippen LogP contribution in [0.15, 0.2) is 42.7 Å². The molecule has 2 heterocycles. The number of amides is 1. The first kappa shape index (κ1) is 17.1. The maximum atomic E-state index is 12.6. The van der Waals surface area contributed by atoms with Gasteiger partial charge in [-0.3, -0.25) is 4.79 Å². The molecule has 132 valence electrons. The van der Waals surface area contributed by atoms with E-state index in [9.17, 15) is 13.6 Å². The van der Waals surface area contributed by atoms with Crippen molar-refractivity contribution in [3.05, 3.63) is 42.7 Å². The molecule has 0 aliphatic carbocycles. The second-order valence-corrected chi connectivity index (χ2v) is 5.70. The highest BCUT2D eigenvalue weighted by Gasteiger charge is 2.27. The number of nitrogens with one attached hydrogen (secondary N) is 1. The van der Waals surface area contributed by atoms with Crippen LogP contribution in [-0.4, -0.2) is 35.6 Å². The molecule has 1 aromatic heterocycles. The number of benzene rings is 1. The minimum atomic E-state index is -2.95. The number of halogens is 2. The van der Waals surface area contributed by atoms with E-state index in [1.807, 2.05) is 4.90 Å². The summed E-state index contributed by atoms with van der Waals surface area (Å²) < 4.78 is 29.4. The van der Waals surface area contributed by atoms with Crippen molar-refractivity contribution in [1.29, 1.82) is 0 Å². The normalized spacial score (nSPS) is 17.4. The third kappa shape index (κ3) is 4.40. The number of anilines is 2. The average Bonchev–Trinajstić information content (AvgIpc) is 2.64. The predicted molar refractivity (Wildman–Crippen MR) is 88.7 cm³/mol. The van der Waals surface area contributed by atoms with Gasteiger partial charge in [0.1, 0.15) is 5.75 Å². The van der Waals surface area contributed by atoms with E-state index in [0.717, 1.165) is 13.0 Å². The van der Waals surface area contributed by atoms with Crippen molar-refractivity contribution in [3.63, 3.8) is 0 Å². The Morgan fingerprint density at radius 3 is 2.76 bits per heavy atom. The van der Waals surface area contributed by atoms with Crippen molar-refractivity contribution in [2.75, 3.05) is 23.3 Å². The van der Waals surface area contributed by atoms with E-state index in [1.165, 1.54) is 12.1 Å². The molecule has 0 radical (unpaired) electrons. The predicted octanol–water partition coefficient (Wildman–Crippen LogP) is 2.93. The van der Waals surface area contributed by atoms with Gasteiger partial charge in [0.05, 0.1) is 11.6 Å². The summed E-state index contributed by atoms with van der Waals surface area (Å²) in [7, 11) is 0. The fourth-order valence-corrected chi connectivity index (χ4v) is 2.83. The number of rotatable bonds is 5. The maximum absolute atomic E-state index is 12.6. The van der Waals surface area contributed by atoms with Crippen LogP contribution in [-0.2, 0) is 4.79 Å². The third-order valence-corrected chi connectivity index (χ3v) is 3.99. The quantitative estimate of drug-likeness (QED) is 0.900. The van der Waals surface area contributed by atoms with E-state index in [0.29, 0.717) is 18.9 Å². The van der Waals surface area contributed by atoms with Crippen LogP contribution in [0.1, 0.15) is 12.8 Å². The molecule has 0 unspecified atom stereocenters. The van der Waals surface area contributed by atoms with Crippen LogP contribution in [0.3, 0.4) is 0 Å². The van der Waals surface area contributed by atoms with Gasteiger partial charge in [-0.05, 0) is 31.0 Å². The Labute approximate surface area is 143 Å². The summed E-state index contributed by atoms with van der Waals surface area (Å²) >= 11 is 0. The maximum Gasteiger partial charge on any atom is 0.387 e. The van der Waals surface area contributed by atoms with E-state index < -0.39 is 6.61 Å². The van der Waals surface area contributed by atoms with Crippen molar-refractivity contribution in [2.45, 2.75) is 19.5 Å². The minimum Gasteiger partial charge on any atom is -0.433 e. The first-order valence-electron chi connectivity index (χ1n) is 8.00. The van der Waals surface area contributed by atoms with Gasteiger partial charge in [-0.1, -0.05) is 12.1 Å². The first-order chi connectivity index (χ1) is 12.1. The van der Waals surface area contributed by atoms with Gasteiger partial charge < -0.3 is 15.0 Å². The number of aromatic nitrogens is 2. The lowest BCUT2D eigenvalue weighted by molar-refractivity contribution is -0.120. The molecule has 1 aliphatic heterocycles. The summed E-state index contributed by atoms with van der Waals surface area (Å²) in [6, 6.07) is 7.89. The smallest absolute Gasteiger partial charge is 0.387 e. The van der Waals surface area contributed by atoms with Crippen LogP contribution >= 0.6 is 0 Å². The molecule has 25 heavy (non-hydrogen) atoms. The molecule has 0 spiro atoms. The summed E-state index contributed by atoms with van der Waals surface area (Å²) in [6.07, 6.45) is 4.85. The van der Waals surface area contributed by atoms with Gasteiger partial charge >= 0.3 is 6.61 Å². The number of alkyl halides is 2. The molecular weight excluding hydrogens is 330 g/mol. The number of carbonyl (C=O) groups is 1. The van der Waals surface area contributed by atoms with Gasteiger partial charge in [0.25, 0.3) is 0 Å². The minimum absolute atomic E-state index is 0.0510. The number of hydrogen-bond acceptors (Lipinski definition) is 5. The number of hydrogen-bond donors (Lipinski definition) is 1. The second kappa shape index (κ2) is 7.87. The molecule has 8 heteroatoms. The molecule has 0 bridgehead atoms. The molecule has 1 amide bonds. The SMILES string of the molecule is O=C(Nc1ccccc1OC(F)F)[C@H]1CCCN(c2ncccn2)C1. The lowest BCUT2D eigenvalue weighted by Gasteiger charge is -2.32. The third-order valence-electron chi connectivity index (χ3n) is 3.99. The Morgan fingerprint density at radius 2 is 2.00 bits per heavy atom. The molecule has 3 rings (SSSR count). The van der Waals surface area contributed by atoms with Gasteiger partial charge in [-0.15, -0.1) is 0 Å². The van der Waals surface area contributed by atoms with Gasteiger partial charge in [-0.2, -0.15) is 8.78 Å². The molecule has 2 aromatic rings. The average molecular weight is 348 g/mol. The molecule has 1 atom stereocenters. The molecule has 1 aromatic carbocycles. The van der Waals surface area contributed by atoms with Crippen LogP contribution in [0.4, 0.5) is 20.4 Å². The van der Waals surface area contributed by atoms with Crippen LogP contribution in [0, 0.1) is 5.92 Å². The number of piperidine rings is 1. The van der Waals surface area contributed by atoms with Crippen LogP contribution in [0.2, 0.25) is 0 Å². The zero-order valence-electron chi connectivity index (χ0n) is 13.4. The van der Waals surface area contributed by atoms with Crippen molar-refractivity contribution in [1.82, 2.24) is 9.97 Å². The molecule has 0 saturated carbocycles. The summed E-state index contributed by atoms with van der Waals surface area (Å²) in [5.41, 5.74) is 0.237. The highest BCUT2D eigenvalue weighted by Crippen LogP contribution is 2.27. The fourth-order valence-electron chi connectivity index (χ4n) is 2.83. The van der Waals surface area contributed by atoms with Crippen molar-refractivity contribution in [3.8, 4) is 5.75 Å². The first-order valence-corrected chi connectivity index (χ1v) is 8.00. The Kier molecular flexibility index (Phi) is 5.37. The van der Waals surface area contributed by atoms with E-state index >= 15 is 0 Å². The van der Waals surface area contributed by atoms with Crippen LogP contribution in [0.5, 0.6) is 5.75 Å². The molecule has 6 nitrogen and oxygen atoms in total. The molecule has 1 N–H and O–H groups in total. The molecular formula is C17H18F2N4O2. The summed E-state index contributed by atoms with van der Waals surface area (Å²) in [5, 5.41) is 2.69. The summed E-state index contributed by atoms with van der Waals surface area (Å²) in [5.74, 6) is 0.0226. The van der Waals surface area contributed by atoms with Gasteiger partial charge in [0, 0.05) is 25.5 Å². The molecule has 1 saturated heterocycles. The largest absolute Gasteiger partial charge is 0.433 e. The molecule has 1 aliphatic rings. The Morgan fingerprint density at radius 1 is 1.24 bits per heavy atom. The van der Waals surface area contributed by atoms with Crippen LogP contribution in [0.25, 0.3) is 0 Å². The van der Waals surface area contributed by atoms with Gasteiger partial charge in [0.15, 0.2) is 0 Å². The van der Waals surface area contributed by atoms with E-state index in [1.54, 1.807) is 30.6 Å². The van der Waals surface area contributed by atoms with Crippen molar-refractivity contribution < 1.29 is 18.3 Å². The highest BCUT2D eigenvalue weighted by atomic mass is 19.3. The number of nitrogens with zero attached hydrogens (tertiary/aromatic N) is 3. The Hall–Kier alpha value is -2.77. The van der Waals surface area contributed by atoms with Gasteiger partial charge in [-0.25, -0.2) is 9.97 Å². The Bertz CT molecular complexity index is 715.